The van der Waals surface area contributed by atoms with Crippen molar-refractivity contribution in [2.24, 2.45) is 0 Å². The van der Waals surface area contributed by atoms with Crippen molar-refractivity contribution in [2.75, 3.05) is 0 Å². The van der Waals surface area contributed by atoms with Gasteiger partial charge in [-0.05, 0) is 40.5 Å². The SMILES string of the molecule is CC(CCCn1cc(C(=O)OC(C)(C)C)nn1)OS(=O)[O-]. The van der Waals surface area contributed by atoms with Crippen LogP contribution in [-0.4, -0.2) is 41.4 Å². The Morgan fingerprint density at radius 2 is 2.19 bits per heavy atom. The van der Waals surface area contributed by atoms with E-state index in [9.17, 15) is 13.6 Å². The van der Waals surface area contributed by atoms with Crippen LogP contribution in [0.3, 0.4) is 0 Å². The summed E-state index contributed by atoms with van der Waals surface area (Å²) in [5.74, 6) is -0.521. The third-order valence-corrected chi connectivity index (χ3v) is 2.87. The Morgan fingerprint density at radius 1 is 1.52 bits per heavy atom. The minimum absolute atomic E-state index is 0.148. The molecule has 0 aliphatic rings. The molecule has 1 rings (SSSR count). The Bertz CT molecular complexity index is 497. The van der Waals surface area contributed by atoms with Gasteiger partial charge in [0.25, 0.3) is 0 Å². The third kappa shape index (κ3) is 7.30. The van der Waals surface area contributed by atoms with Crippen molar-refractivity contribution < 1.29 is 22.5 Å². The molecule has 0 saturated heterocycles. The second-order valence-electron chi connectivity index (χ2n) is 5.62. The number of rotatable bonds is 7. The standard InChI is InChI=1S/C12H21N3O5S/c1-9(20-21(17)18)6-5-7-15-8-10(13-14-15)11(16)19-12(2,3)4/h8-9H,5-7H2,1-4H3,(H,17,18)/p-1. The molecule has 0 spiro atoms. The number of carbonyl (C=O) groups is 1. The summed E-state index contributed by atoms with van der Waals surface area (Å²) in [7, 11) is 0. The smallest absolute Gasteiger partial charge is 0.361 e. The molecule has 0 saturated carbocycles. The van der Waals surface area contributed by atoms with Crippen LogP contribution in [-0.2, 0) is 26.8 Å². The Balaban J connectivity index is 2.42. The average Bonchev–Trinajstić information content (AvgIpc) is 2.74. The maximum absolute atomic E-state index is 11.8. The van der Waals surface area contributed by atoms with E-state index in [-0.39, 0.29) is 5.69 Å². The van der Waals surface area contributed by atoms with Crippen molar-refractivity contribution in [3.63, 3.8) is 0 Å². The van der Waals surface area contributed by atoms with Crippen LogP contribution < -0.4 is 0 Å². The zero-order chi connectivity index (χ0) is 16.0. The van der Waals surface area contributed by atoms with Crippen molar-refractivity contribution in [2.45, 2.75) is 58.8 Å². The van der Waals surface area contributed by atoms with Gasteiger partial charge in [-0.2, -0.15) is 0 Å². The Labute approximate surface area is 126 Å². The fourth-order valence-corrected chi connectivity index (χ4v) is 1.92. The number of aromatic nitrogens is 3. The summed E-state index contributed by atoms with van der Waals surface area (Å²) in [6, 6.07) is 0. The topological polar surface area (TPSA) is 106 Å². The Hall–Kier alpha value is -1.32. The lowest BCUT2D eigenvalue weighted by atomic mass is 10.2. The molecule has 1 heterocycles. The van der Waals surface area contributed by atoms with E-state index >= 15 is 0 Å². The van der Waals surface area contributed by atoms with E-state index in [1.165, 1.54) is 10.9 Å². The van der Waals surface area contributed by atoms with Gasteiger partial charge in [0.1, 0.15) is 5.60 Å². The largest absolute Gasteiger partial charge is 0.750 e. The van der Waals surface area contributed by atoms with Gasteiger partial charge in [0.15, 0.2) is 5.69 Å². The van der Waals surface area contributed by atoms with Crippen LogP contribution in [0.2, 0.25) is 0 Å². The fraction of sp³-hybridized carbons (Fsp3) is 0.750. The maximum Gasteiger partial charge on any atom is 0.361 e. The fourth-order valence-electron chi connectivity index (χ4n) is 1.55. The molecule has 2 atom stereocenters. The monoisotopic (exact) mass is 318 g/mol. The molecule has 120 valence electrons. The molecule has 0 radical (unpaired) electrons. The van der Waals surface area contributed by atoms with Gasteiger partial charge < -0.3 is 9.29 Å². The van der Waals surface area contributed by atoms with Gasteiger partial charge in [0, 0.05) is 6.54 Å². The van der Waals surface area contributed by atoms with Gasteiger partial charge in [-0.3, -0.25) is 8.86 Å². The molecule has 0 amide bonds. The van der Waals surface area contributed by atoms with Crippen molar-refractivity contribution in [3.8, 4) is 0 Å². The summed E-state index contributed by atoms with van der Waals surface area (Å²) in [6.45, 7) is 7.50. The maximum atomic E-state index is 11.8. The van der Waals surface area contributed by atoms with Gasteiger partial charge in [-0.25, -0.2) is 9.00 Å². The molecule has 1 aromatic rings. The number of ether oxygens (including phenoxy) is 1. The van der Waals surface area contributed by atoms with Crippen LogP contribution >= 0.6 is 0 Å². The molecule has 9 heteroatoms. The highest BCUT2D eigenvalue weighted by Crippen LogP contribution is 2.10. The number of hydrogen-bond acceptors (Lipinski definition) is 7. The molecule has 0 aromatic carbocycles. The summed E-state index contributed by atoms with van der Waals surface area (Å²) < 4.78 is 31.9. The molecule has 21 heavy (non-hydrogen) atoms. The quantitative estimate of drug-likeness (QED) is 0.549. The number of esters is 1. The van der Waals surface area contributed by atoms with Crippen molar-refractivity contribution in [1.82, 2.24) is 15.0 Å². The van der Waals surface area contributed by atoms with Crippen LogP contribution in [0.15, 0.2) is 6.20 Å². The summed E-state index contributed by atoms with van der Waals surface area (Å²) in [5, 5.41) is 7.58. The second kappa shape index (κ2) is 7.62. The highest BCUT2D eigenvalue weighted by molar-refractivity contribution is 7.74. The molecule has 0 bridgehead atoms. The molecule has 0 aliphatic heterocycles. The van der Waals surface area contributed by atoms with E-state index in [4.69, 9.17) is 4.74 Å². The van der Waals surface area contributed by atoms with E-state index in [1.54, 1.807) is 27.7 Å². The van der Waals surface area contributed by atoms with Crippen LogP contribution in [0.25, 0.3) is 0 Å². The number of hydrogen-bond donors (Lipinski definition) is 0. The van der Waals surface area contributed by atoms with E-state index in [2.05, 4.69) is 14.5 Å². The zero-order valence-corrected chi connectivity index (χ0v) is 13.4. The number of aryl methyl sites for hydroxylation is 1. The average molecular weight is 318 g/mol. The van der Waals surface area contributed by atoms with Gasteiger partial charge in [0.05, 0.1) is 23.7 Å². The normalized spacial score (nSPS) is 14.7. The highest BCUT2D eigenvalue weighted by Gasteiger charge is 2.20. The first-order valence-electron chi connectivity index (χ1n) is 6.57. The molecule has 0 N–H and O–H groups in total. The van der Waals surface area contributed by atoms with Crippen LogP contribution in [0, 0.1) is 0 Å². The number of carbonyl (C=O) groups excluding carboxylic acids is 1. The molecule has 0 fully saturated rings. The summed E-state index contributed by atoms with van der Waals surface area (Å²) in [6.07, 6.45) is 2.31. The molecule has 0 aliphatic carbocycles. The van der Waals surface area contributed by atoms with Crippen LogP contribution in [0.5, 0.6) is 0 Å². The lowest BCUT2D eigenvalue weighted by Gasteiger charge is -2.18. The van der Waals surface area contributed by atoms with E-state index < -0.39 is 29.0 Å². The zero-order valence-electron chi connectivity index (χ0n) is 12.6. The molecule has 2 unspecified atom stereocenters. The van der Waals surface area contributed by atoms with Gasteiger partial charge in [-0.1, -0.05) is 5.21 Å². The molecular weight excluding hydrogens is 298 g/mol. The summed E-state index contributed by atoms with van der Waals surface area (Å²) >= 11 is -2.50. The molecule has 8 nitrogen and oxygen atoms in total. The minimum Gasteiger partial charge on any atom is -0.750 e. The minimum atomic E-state index is -2.50. The number of nitrogens with zero attached hydrogens (tertiary/aromatic N) is 3. The predicted octanol–water partition coefficient (Wildman–Crippen LogP) is 1.21. The first-order valence-corrected chi connectivity index (χ1v) is 7.57. The van der Waals surface area contributed by atoms with E-state index in [1.807, 2.05) is 0 Å². The highest BCUT2D eigenvalue weighted by atomic mass is 32.2. The van der Waals surface area contributed by atoms with Gasteiger partial charge in [-0.15, -0.1) is 5.10 Å². The first kappa shape index (κ1) is 17.7. The Kier molecular flexibility index (Phi) is 6.43. The van der Waals surface area contributed by atoms with Crippen molar-refractivity contribution in [3.05, 3.63) is 11.9 Å². The summed E-state index contributed by atoms with van der Waals surface area (Å²) in [4.78, 5) is 11.8. The summed E-state index contributed by atoms with van der Waals surface area (Å²) in [5.41, 5.74) is -0.434. The Morgan fingerprint density at radius 3 is 2.76 bits per heavy atom. The van der Waals surface area contributed by atoms with Gasteiger partial charge in [0.2, 0.25) is 0 Å². The first-order chi connectivity index (χ1) is 9.67. The van der Waals surface area contributed by atoms with Crippen molar-refractivity contribution in [1.29, 1.82) is 0 Å². The predicted molar refractivity (Wildman–Crippen MR) is 73.9 cm³/mol. The third-order valence-electron chi connectivity index (χ3n) is 2.39. The van der Waals surface area contributed by atoms with Crippen molar-refractivity contribution >= 4 is 17.3 Å². The second-order valence-corrected chi connectivity index (χ2v) is 6.22. The van der Waals surface area contributed by atoms with E-state index in [0.717, 1.165) is 0 Å². The van der Waals surface area contributed by atoms with Crippen LogP contribution in [0.4, 0.5) is 0 Å². The molecule has 1 aromatic heterocycles. The lowest BCUT2D eigenvalue weighted by molar-refractivity contribution is 0.00626. The van der Waals surface area contributed by atoms with E-state index in [0.29, 0.717) is 19.4 Å². The lowest BCUT2D eigenvalue weighted by Crippen LogP contribution is -2.24. The molecular formula is C12H20N3O5S-. The van der Waals surface area contributed by atoms with Crippen LogP contribution in [0.1, 0.15) is 51.0 Å². The van der Waals surface area contributed by atoms with Gasteiger partial charge >= 0.3 is 5.97 Å².